The van der Waals surface area contributed by atoms with E-state index in [9.17, 15) is 4.39 Å². The van der Waals surface area contributed by atoms with Crippen LogP contribution in [0.15, 0.2) is 18.2 Å². The molecule has 0 amide bonds. The number of hydrogen-bond acceptors (Lipinski definition) is 3. The van der Waals surface area contributed by atoms with Gasteiger partial charge in [-0.2, -0.15) is 0 Å². The maximum Gasteiger partial charge on any atom is 0.487 e. The zero-order valence-electron chi connectivity index (χ0n) is 7.14. The van der Waals surface area contributed by atoms with Crippen LogP contribution in [0, 0.1) is 6.57 Å². The summed E-state index contributed by atoms with van der Waals surface area (Å²) in [7, 11) is -1.64. The molecule has 4 nitrogen and oxygen atoms in total. The van der Waals surface area contributed by atoms with Gasteiger partial charge in [0.15, 0.2) is 0 Å². The van der Waals surface area contributed by atoms with Crippen LogP contribution in [-0.2, 0) is 0 Å². The number of nitrogens with zero attached hydrogens (tertiary/aromatic N) is 1. The van der Waals surface area contributed by atoms with E-state index >= 15 is 0 Å². The minimum absolute atomic E-state index is 0.0493. The van der Waals surface area contributed by atoms with Gasteiger partial charge in [0.05, 0.1) is 6.57 Å². The quantitative estimate of drug-likeness (QED) is 0.535. The van der Waals surface area contributed by atoms with Crippen molar-refractivity contribution in [1.82, 2.24) is 0 Å². The van der Waals surface area contributed by atoms with E-state index in [2.05, 4.69) is 9.58 Å². The zero-order chi connectivity index (χ0) is 10.6. The molecule has 0 unspecified atom stereocenters. The minimum Gasteiger partial charge on any atom is -0.474 e. The average Bonchev–Trinajstić information content (AvgIpc) is 2.18. The summed E-state index contributed by atoms with van der Waals surface area (Å²) >= 11 is 0. The summed E-state index contributed by atoms with van der Waals surface area (Å²) in [6.45, 7) is 5.74. The van der Waals surface area contributed by atoms with Crippen molar-refractivity contribution in [3.05, 3.63) is 29.6 Å². The van der Waals surface area contributed by atoms with E-state index in [1.165, 1.54) is 18.2 Å². The number of halogens is 1. The molecule has 0 radical (unpaired) electrons. The number of rotatable bonds is 3. The van der Waals surface area contributed by atoms with Crippen molar-refractivity contribution < 1.29 is 19.2 Å². The van der Waals surface area contributed by atoms with Gasteiger partial charge < -0.3 is 14.8 Å². The average molecular weight is 195 g/mol. The van der Waals surface area contributed by atoms with Gasteiger partial charge in [-0.1, -0.05) is 12.1 Å². The molecular formula is C8H7BFNO3. The molecule has 6 heteroatoms. The van der Waals surface area contributed by atoms with Crippen LogP contribution in [0.5, 0.6) is 5.75 Å². The summed E-state index contributed by atoms with van der Waals surface area (Å²) in [4.78, 5) is 3.07. The Hall–Kier alpha value is -1.58. The highest BCUT2D eigenvalue weighted by Gasteiger charge is 2.13. The largest absolute Gasteiger partial charge is 0.487 e. The van der Waals surface area contributed by atoms with Gasteiger partial charge in [-0.05, 0) is 11.5 Å². The molecule has 0 atom stereocenters. The van der Waals surface area contributed by atoms with Crippen molar-refractivity contribution in [3.8, 4) is 5.75 Å². The first kappa shape index (κ1) is 10.5. The Morgan fingerprint density at radius 1 is 1.50 bits per heavy atom. The van der Waals surface area contributed by atoms with Crippen LogP contribution in [0.25, 0.3) is 4.85 Å². The normalized spacial score (nSPS) is 9.29. The standard InChI is InChI=1S/C8H7BFNO3/c1-11-7-4-6(9(12)13)2-3-8(7)14-5-10/h2-4,12-13H,5H2. The Labute approximate surface area is 80.5 Å². The summed E-state index contributed by atoms with van der Waals surface area (Å²) in [6.07, 6.45) is 0. The number of alkyl halides is 1. The first-order valence-electron chi connectivity index (χ1n) is 3.75. The van der Waals surface area contributed by atoms with Gasteiger partial charge in [0.25, 0.3) is 0 Å². The van der Waals surface area contributed by atoms with E-state index < -0.39 is 14.0 Å². The number of ether oxygens (including phenoxy) is 1. The molecule has 0 heterocycles. The van der Waals surface area contributed by atoms with Crippen LogP contribution < -0.4 is 10.2 Å². The van der Waals surface area contributed by atoms with Gasteiger partial charge in [-0.15, -0.1) is 0 Å². The van der Waals surface area contributed by atoms with E-state index in [0.29, 0.717) is 0 Å². The van der Waals surface area contributed by atoms with Gasteiger partial charge in [0, 0.05) is 0 Å². The third-order valence-corrected chi connectivity index (χ3v) is 1.61. The fourth-order valence-electron chi connectivity index (χ4n) is 0.963. The van der Waals surface area contributed by atoms with Gasteiger partial charge in [0.2, 0.25) is 12.5 Å². The zero-order valence-corrected chi connectivity index (χ0v) is 7.14. The summed E-state index contributed by atoms with van der Waals surface area (Å²) in [6, 6.07) is 3.91. The lowest BCUT2D eigenvalue weighted by Gasteiger charge is -2.05. The predicted octanol–water partition coefficient (Wildman–Crippen LogP) is 0.223. The lowest BCUT2D eigenvalue weighted by molar-refractivity contribution is 0.193. The van der Waals surface area contributed by atoms with Crippen LogP contribution >= 0.6 is 0 Å². The molecule has 0 aliphatic rings. The summed E-state index contributed by atoms with van der Waals surface area (Å²) in [5.41, 5.74) is 0.218. The fraction of sp³-hybridized carbons (Fsp3) is 0.125. The SMILES string of the molecule is [C-]#[N+]c1cc(B(O)O)ccc1OCF. The first-order valence-corrected chi connectivity index (χ1v) is 3.75. The topological polar surface area (TPSA) is 54.0 Å². The van der Waals surface area contributed by atoms with Crippen LogP contribution in [0.2, 0.25) is 0 Å². The van der Waals surface area contributed by atoms with Gasteiger partial charge in [-0.3, -0.25) is 0 Å². The van der Waals surface area contributed by atoms with Crippen molar-refractivity contribution in [2.24, 2.45) is 0 Å². The lowest BCUT2D eigenvalue weighted by Crippen LogP contribution is -2.29. The molecule has 0 spiro atoms. The number of hydrogen-bond donors (Lipinski definition) is 2. The molecule has 0 bridgehead atoms. The Morgan fingerprint density at radius 3 is 2.71 bits per heavy atom. The monoisotopic (exact) mass is 195 g/mol. The molecule has 1 aromatic carbocycles. The smallest absolute Gasteiger partial charge is 0.474 e. The highest BCUT2D eigenvalue weighted by Crippen LogP contribution is 2.25. The molecule has 0 aliphatic heterocycles. The van der Waals surface area contributed by atoms with Crippen LogP contribution in [0.4, 0.5) is 10.1 Å². The molecule has 1 rings (SSSR count). The molecule has 0 fully saturated rings. The maximum absolute atomic E-state index is 11.8. The Kier molecular flexibility index (Phi) is 3.45. The summed E-state index contributed by atoms with van der Waals surface area (Å²) in [5, 5.41) is 17.6. The minimum atomic E-state index is -1.64. The van der Waals surface area contributed by atoms with Crippen molar-refractivity contribution >= 4 is 18.3 Å². The molecule has 72 valence electrons. The lowest BCUT2D eigenvalue weighted by atomic mass is 9.80. The second-order valence-corrected chi connectivity index (χ2v) is 2.47. The fourth-order valence-corrected chi connectivity index (χ4v) is 0.963. The molecule has 0 aliphatic carbocycles. The molecule has 14 heavy (non-hydrogen) atoms. The number of benzene rings is 1. The first-order chi connectivity index (χ1) is 6.69. The third-order valence-electron chi connectivity index (χ3n) is 1.61. The van der Waals surface area contributed by atoms with E-state index in [0.717, 1.165) is 0 Å². The second-order valence-electron chi connectivity index (χ2n) is 2.47. The molecule has 1 aromatic rings. The Morgan fingerprint density at radius 2 is 2.21 bits per heavy atom. The Bertz CT molecular complexity index is 364. The van der Waals surface area contributed by atoms with E-state index in [-0.39, 0.29) is 16.9 Å². The second kappa shape index (κ2) is 4.60. The third kappa shape index (κ3) is 2.22. The summed E-state index contributed by atoms with van der Waals surface area (Å²) < 4.78 is 16.3. The highest BCUT2D eigenvalue weighted by atomic mass is 19.1. The molecule has 2 N–H and O–H groups in total. The van der Waals surface area contributed by atoms with E-state index in [1.807, 2.05) is 0 Å². The van der Waals surface area contributed by atoms with Crippen molar-refractivity contribution in [3.63, 3.8) is 0 Å². The molecule has 0 aromatic heterocycles. The van der Waals surface area contributed by atoms with Crippen molar-refractivity contribution in [1.29, 1.82) is 0 Å². The van der Waals surface area contributed by atoms with Crippen LogP contribution in [0.1, 0.15) is 0 Å². The van der Waals surface area contributed by atoms with Crippen molar-refractivity contribution in [2.45, 2.75) is 0 Å². The van der Waals surface area contributed by atoms with E-state index in [1.54, 1.807) is 0 Å². The van der Waals surface area contributed by atoms with Crippen molar-refractivity contribution in [2.75, 3.05) is 6.86 Å². The van der Waals surface area contributed by atoms with Crippen LogP contribution in [0.3, 0.4) is 0 Å². The molecule has 0 saturated carbocycles. The molecule has 0 saturated heterocycles. The van der Waals surface area contributed by atoms with Crippen LogP contribution in [-0.4, -0.2) is 24.0 Å². The predicted molar refractivity (Wildman–Crippen MR) is 49.1 cm³/mol. The van der Waals surface area contributed by atoms with E-state index in [4.69, 9.17) is 16.6 Å². The Balaban J connectivity index is 3.07. The molecular weight excluding hydrogens is 188 g/mol. The maximum atomic E-state index is 11.8. The highest BCUT2D eigenvalue weighted by molar-refractivity contribution is 6.58. The van der Waals surface area contributed by atoms with Gasteiger partial charge in [-0.25, -0.2) is 9.24 Å². The van der Waals surface area contributed by atoms with Gasteiger partial charge in [0.1, 0.15) is 5.75 Å². The summed E-state index contributed by atoms with van der Waals surface area (Å²) in [5.74, 6) is 0.0897. The van der Waals surface area contributed by atoms with Gasteiger partial charge >= 0.3 is 7.12 Å².